The fourth-order valence-electron chi connectivity index (χ4n) is 2.36. The van der Waals surface area contributed by atoms with Crippen LogP contribution < -0.4 is 4.90 Å². The summed E-state index contributed by atoms with van der Waals surface area (Å²) in [6.07, 6.45) is 0. The van der Waals surface area contributed by atoms with Crippen LogP contribution in [-0.4, -0.2) is 21.3 Å². The first-order chi connectivity index (χ1) is 11.6. The monoisotopic (exact) mass is 351 g/mol. The number of rotatable bonds is 2. The minimum atomic E-state index is -6.00. The highest BCUT2D eigenvalue weighted by molar-refractivity contribution is 6.50. The van der Waals surface area contributed by atoms with Gasteiger partial charge in [-0.15, -0.1) is 0 Å². The standard InChI is InChI=1S/C18H18NO.BF4/c1-13-11-18(14-7-5-4-6-8-14)20-17-10-9-15(19(2)3)12-16(13)17;2-1(3,4)5/h4-12H,1-3H3;/q+1;-1. The molecule has 0 spiro atoms. The van der Waals surface area contributed by atoms with Gasteiger partial charge in [0.05, 0.1) is 10.9 Å². The number of nitrogens with zero attached hydrogens (tertiary/aromatic N) is 1. The number of fused-ring (bicyclic) bond motifs is 1. The number of hydrogen-bond acceptors (Lipinski definition) is 1. The van der Waals surface area contributed by atoms with Crippen LogP contribution in [0.2, 0.25) is 0 Å². The van der Waals surface area contributed by atoms with Gasteiger partial charge in [-0.3, -0.25) is 0 Å². The van der Waals surface area contributed by atoms with Crippen LogP contribution in [0.5, 0.6) is 0 Å². The van der Waals surface area contributed by atoms with Gasteiger partial charge in [-0.05, 0) is 36.8 Å². The number of benzene rings is 2. The number of hydrogen-bond donors (Lipinski definition) is 0. The Balaban J connectivity index is 0.000000399. The SMILES string of the molecule is Cc1cc(-c2ccccc2)[o+]c2ccc(N(C)C)cc12.F[B-](F)(F)F. The molecule has 0 aliphatic heterocycles. The zero-order chi connectivity index (χ0) is 18.6. The van der Waals surface area contributed by atoms with Crippen LogP contribution in [0, 0.1) is 6.92 Å². The van der Waals surface area contributed by atoms with Gasteiger partial charge in [-0.25, -0.2) is 4.42 Å². The molecular weight excluding hydrogens is 333 g/mol. The molecule has 0 radical (unpaired) electrons. The second-order valence-electron chi connectivity index (χ2n) is 5.73. The van der Waals surface area contributed by atoms with Crippen LogP contribution in [0.1, 0.15) is 5.56 Å². The fourth-order valence-corrected chi connectivity index (χ4v) is 2.36. The molecular formula is C18H18BF4NO. The molecule has 0 amide bonds. The van der Waals surface area contributed by atoms with Gasteiger partial charge in [0.15, 0.2) is 0 Å². The second-order valence-corrected chi connectivity index (χ2v) is 5.73. The lowest BCUT2D eigenvalue weighted by molar-refractivity contribution is 0.368. The maximum atomic E-state index is 9.75. The van der Waals surface area contributed by atoms with Crippen LogP contribution >= 0.6 is 0 Å². The summed E-state index contributed by atoms with van der Waals surface area (Å²) in [5, 5.41) is 1.16. The van der Waals surface area contributed by atoms with Crippen LogP contribution in [-0.2, 0) is 0 Å². The van der Waals surface area contributed by atoms with E-state index in [9.17, 15) is 17.3 Å². The zero-order valence-electron chi connectivity index (χ0n) is 14.1. The van der Waals surface area contributed by atoms with E-state index in [1.54, 1.807) is 0 Å². The molecule has 1 heterocycles. The number of halogens is 4. The maximum absolute atomic E-state index is 9.75. The van der Waals surface area contributed by atoms with Crippen molar-refractivity contribution in [2.75, 3.05) is 19.0 Å². The van der Waals surface area contributed by atoms with Gasteiger partial charge in [-0.2, -0.15) is 0 Å². The molecule has 25 heavy (non-hydrogen) atoms. The molecule has 3 aromatic rings. The molecule has 3 rings (SSSR count). The Bertz CT molecular complexity index is 845. The van der Waals surface area contributed by atoms with Gasteiger partial charge < -0.3 is 22.2 Å². The first-order valence-corrected chi connectivity index (χ1v) is 7.63. The Morgan fingerprint density at radius 3 is 2.04 bits per heavy atom. The van der Waals surface area contributed by atoms with E-state index in [0.29, 0.717) is 0 Å². The summed E-state index contributed by atoms with van der Waals surface area (Å²) in [6, 6.07) is 18.6. The third-order valence-electron chi connectivity index (χ3n) is 3.53. The molecule has 0 unspecified atom stereocenters. The smallest absolute Gasteiger partial charge is 0.418 e. The number of anilines is 1. The molecule has 0 saturated carbocycles. The average molecular weight is 351 g/mol. The van der Waals surface area contributed by atoms with Crippen molar-refractivity contribution < 1.29 is 21.7 Å². The van der Waals surface area contributed by atoms with Crippen molar-refractivity contribution in [3.05, 3.63) is 60.2 Å². The van der Waals surface area contributed by atoms with Crippen molar-refractivity contribution in [3.63, 3.8) is 0 Å². The summed E-state index contributed by atoms with van der Waals surface area (Å²) < 4.78 is 45.0. The van der Waals surface area contributed by atoms with Crippen molar-refractivity contribution in [1.82, 2.24) is 0 Å². The Morgan fingerprint density at radius 1 is 0.880 bits per heavy atom. The lowest BCUT2D eigenvalue weighted by atomic mass is 10.1. The molecule has 0 N–H and O–H groups in total. The number of aryl methyl sites for hydroxylation is 1. The van der Waals surface area contributed by atoms with Gasteiger partial charge in [0, 0.05) is 31.9 Å². The highest BCUT2D eigenvalue weighted by atomic mass is 19.5. The van der Waals surface area contributed by atoms with E-state index in [4.69, 9.17) is 4.42 Å². The van der Waals surface area contributed by atoms with Gasteiger partial charge in [0.1, 0.15) is 0 Å². The first-order valence-electron chi connectivity index (χ1n) is 7.63. The molecule has 0 saturated heterocycles. The quantitative estimate of drug-likeness (QED) is 0.317. The van der Waals surface area contributed by atoms with Gasteiger partial charge >= 0.3 is 18.6 Å². The molecule has 1 aromatic heterocycles. The van der Waals surface area contributed by atoms with E-state index in [1.807, 2.05) is 38.4 Å². The Labute approximate surface area is 143 Å². The van der Waals surface area contributed by atoms with Gasteiger partial charge in [0.25, 0.3) is 0 Å². The molecule has 2 aromatic carbocycles. The molecule has 0 aliphatic carbocycles. The van der Waals surface area contributed by atoms with Crippen molar-refractivity contribution in [2.24, 2.45) is 0 Å². The van der Waals surface area contributed by atoms with Crippen LogP contribution in [0.3, 0.4) is 0 Å². The summed E-state index contributed by atoms with van der Waals surface area (Å²) in [5.41, 5.74) is 4.45. The molecule has 2 nitrogen and oxygen atoms in total. The Morgan fingerprint density at radius 2 is 1.48 bits per heavy atom. The first kappa shape index (κ1) is 18.8. The van der Waals surface area contributed by atoms with Crippen molar-refractivity contribution in [1.29, 1.82) is 0 Å². The topological polar surface area (TPSA) is 14.5 Å². The predicted molar refractivity (Wildman–Crippen MR) is 95.3 cm³/mol. The zero-order valence-corrected chi connectivity index (χ0v) is 14.1. The summed E-state index contributed by atoms with van der Waals surface area (Å²) in [7, 11) is -1.90. The van der Waals surface area contributed by atoms with E-state index in [-0.39, 0.29) is 0 Å². The lowest BCUT2D eigenvalue weighted by Crippen LogP contribution is -2.08. The summed E-state index contributed by atoms with van der Waals surface area (Å²) in [5.74, 6) is 0.910. The van der Waals surface area contributed by atoms with Crippen molar-refractivity contribution >= 4 is 23.9 Å². The lowest BCUT2D eigenvalue weighted by Gasteiger charge is -2.11. The van der Waals surface area contributed by atoms with Crippen molar-refractivity contribution in [3.8, 4) is 11.3 Å². The van der Waals surface area contributed by atoms with Gasteiger partial charge in [-0.1, -0.05) is 18.2 Å². The van der Waals surface area contributed by atoms with E-state index in [0.717, 1.165) is 22.3 Å². The molecule has 7 heteroatoms. The highest BCUT2D eigenvalue weighted by Crippen LogP contribution is 2.29. The molecule has 0 atom stereocenters. The minimum Gasteiger partial charge on any atom is -0.418 e. The normalized spacial score (nSPS) is 11.0. The van der Waals surface area contributed by atoms with Crippen LogP contribution in [0.15, 0.2) is 59.0 Å². The fraction of sp³-hybridized carbons (Fsp3) is 0.167. The average Bonchev–Trinajstić information content (AvgIpc) is 2.53. The van der Waals surface area contributed by atoms with Crippen molar-refractivity contribution in [2.45, 2.75) is 6.92 Å². The van der Waals surface area contributed by atoms with Gasteiger partial charge in [0.2, 0.25) is 0 Å². The Hall–Kier alpha value is -2.57. The van der Waals surface area contributed by atoms with Crippen LogP contribution in [0.25, 0.3) is 22.3 Å². The van der Waals surface area contributed by atoms with Crippen LogP contribution in [0.4, 0.5) is 23.0 Å². The summed E-state index contributed by atoms with van der Waals surface area (Å²) in [6.45, 7) is 2.13. The summed E-state index contributed by atoms with van der Waals surface area (Å²) >= 11 is 0. The molecule has 132 valence electrons. The molecule has 0 bridgehead atoms. The highest BCUT2D eigenvalue weighted by Gasteiger charge is 2.20. The predicted octanol–water partition coefficient (Wildman–Crippen LogP) is 6.06. The largest absolute Gasteiger partial charge is 0.673 e. The second kappa shape index (κ2) is 7.55. The maximum Gasteiger partial charge on any atom is 0.673 e. The van der Waals surface area contributed by atoms with E-state index < -0.39 is 7.25 Å². The Kier molecular flexibility index (Phi) is 5.67. The summed E-state index contributed by atoms with van der Waals surface area (Å²) in [4.78, 5) is 2.10. The molecule has 0 fully saturated rings. The third kappa shape index (κ3) is 5.48. The van der Waals surface area contributed by atoms with E-state index in [1.165, 1.54) is 11.3 Å². The minimum absolute atomic E-state index is 0.910. The molecule has 0 aliphatic rings. The third-order valence-corrected chi connectivity index (χ3v) is 3.53. The van der Waals surface area contributed by atoms with E-state index >= 15 is 0 Å². The van der Waals surface area contributed by atoms with E-state index in [2.05, 4.69) is 42.2 Å².